The van der Waals surface area contributed by atoms with Crippen molar-refractivity contribution in [3.63, 3.8) is 0 Å². The smallest absolute Gasteiger partial charge is 0.0925 e. The Bertz CT molecular complexity index is 554. The molecular formula is C16H20OS. The molecular weight excluding hydrogens is 240 g/mol. The Morgan fingerprint density at radius 3 is 2.39 bits per heavy atom. The van der Waals surface area contributed by atoms with Gasteiger partial charge in [0, 0.05) is 16.2 Å². The van der Waals surface area contributed by atoms with Gasteiger partial charge in [0.15, 0.2) is 0 Å². The van der Waals surface area contributed by atoms with Gasteiger partial charge in [-0.2, -0.15) is 0 Å². The lowest BCUT2D eigenvalue weighted by Gasteiger charge is -2.13. The van der Waals surface area contributed by atoms with Gasteiger partial charge in [0.1, 0.15) is 0 Å². The summed E-state index contributed by atoms with van der Waals surface area (Å²) in [6, 6.07) is 8.57. The summed E-state index contributed by atoms with van der Waals surface area (Å²) in [6.45, 7) is 8.36. The van der Waals surface area contributed by atoms with Crippen molar-refractivity contribution < 1.29 is 5.11 Å². The molecule has 0 saturated carbocycles. The summed E-state index contributed by atoms with van der Waals surface area (Å²) < 4.78 is 0. The molecule has 0 bridgehead atoms. The molecule has 1 nitrogen and oxygen atoms in total. The highest BCUT2D eigenvalue weighted by molar-refractivity contribution is 7.12. The van der Waals surface area contributed by atoms with Crippen LogP contribution in [-0.4, -0.2) is 5.11 Å². The van der Waals surface area contributed by atoms with E-state index in [2.05, 4.69) is 52.0 Å². The van der Waals surface area contributed by atoms with E-state index in [0.29, 0.717) is 6.42 Å². The zero-order valence-corrected chi connectivity index (χ0v) is 12.3. The zero-order chi connectivity index (χ0) is 13.3. The molecule has 2 heteroatoms. The first-order chi connectivity index (χ1) is 8.47. The van der Waals surface area contributed by atoms with Gasteiger partial charge >= 0.3 is 0 Å². The van der Waals surface area contributed by atoms with E-state index in [-0.39, 0.29) is 6.10 Å². The van der Waals surface area contributed by atoms with Gasteiger partial charge in [-0.15, -0.1) is 11.3 Å². The molecule has 0 aliphatic carbocycles. The lowest BCUT2D eigenvalue weighted by Crippen LogP contribution is -2.03. The number of benzene rings is 1. The highest BCUT2D eigenvalue weighted by Gasteiger charge is 2.15. The maximum atomic E-state index is 10.4. The number of hydrogen-bond acceptors (Lipinski definition) is 2. The van der Waals surface area contributed by atoms with Gasteiger partial charge in [0.05, 0.1) is 6.10 Å². The van der Waals surface area contributed by atoms with Crippen LogP contribution in [0.2, 0.25) is 0 Å². The molecule has 1 aromatic carbocycles. The van der Waals surface area contributed by atoms with E-state index >= 15 is 0 Å². The summed E-state index contributed by atoms with van der Waals surface area (Å²) in [4.78, 5) is 2.37. The van der Waals surface area contributed by atoms with Crippen molar-refractivity contribution >= 4 is 11.3 Å². The van der Waals surface area contributed by atoms with Crippen LogP contribution in [0.5, 0.6) is 0 Å². The summed E-state index contributed by atoms with van der Waals surface area (Å²) in [5.41, 5.74) is 4.95. The Kier molecular flexibility index (Phi) is 3.88. The van der Waals surface area contributed by atoms with E-state index in [0.717, 1.165) is 4.88 Å². The third-order valence-electron chi connectivity index (χ3n) is 3.30. The van der Waals surface area contributed by atoms with Crippen LogP contribution < -0.4 is 0 Å². The molecule has 96 valence electrons. The van der Waals surface area contributed by atoms with Crippen LogP contribution in [0, 0.1) is 27.7 Å². The highest BCUT2D eigenvalue weighted by atomic mass is 32.1. The fourth-order valence-electron chi connectivity index (χ4n) is 2.31. The standard InChI is InChI=1S/C16H20OS/c1-10-5-6-11(2)14(7-10)9-15(17)16-12(3)8-13(4)18-16/h5-8,15,17H,9H2,1-4H3. The van der Waals surface area contributed by atoms with E-state index in [9.17, 15) is 5.11 Å². The first-order valence-electron chi connectivity index (χ1n) is 6.28. The molecule has 0 aliphatic rings. The molecule has 0 spiro atoms. The second-order valence-electron chi connectivity index (χ2n) is 5.05. The Balaban J connectivity index is 2.23. The lowest BCUT2D eigenvalue weighted by molar-refractivity contribution is 0.181. The van der Waals surface area contributed by atoms with Crippen molar-refractivity contribution in [3.8, 4) is 0 Å². The molecule has 0 amide bonds. The number of rotatable bonds is 3. The maximum absolute atomic E-state index is 10.4. The average Bonchev–Trinajstić information content (AvgIpc) is 2.63. The minimum atomic E-state index is -0.385. The molecule has 2 rings (SSSR count). The molecule has 1 aromatic heterocycles. The van der Waals surface area contributed by atoms with E-state index in [1.165, 1.54) is 27.1 Å². The monoisotopic (exact) mass is 260 g/mol. The number of aliphatic hydroxyl groups is 1. The molecule has 0 radical (unpaired) electrons. The Morgan fingerprint density at radius 2 is 1.78 bits per heavy atom. The summed E-state index contributed by atoms with van der Waals surface area (Å²) in [6.07, 6.45) is 0.318. The quantitative estimate of drug-likeness (QED) is 0.874. The fourth-order valence-corrected chi connectivity index (χ4v) is 3.33. The van der Waals surface area contributed by atoms with Crippen LogP contribution in [0.4, 0.5) is 0 Å². The first-order valence-corrected chi connectivity index (χ1v) is 7.10. The molecule has 1 N–H and O–H groups in total. The van der Waals surface area contributed by atoms with Gasteiger partial charge in [0.2, 0.25) is 0 Å². The maximum Gasteiger partial charge on any atom is 0.0925 e. The molecule has 18 heavy (non-hydrogen) atoms. The highest BCUT2D eigenvalue weighted by Crippen LogP contribution is 2.30. The van der Waals surface area contributed by atoms with Gasteiger partial charge in [-0.3, -0.25) is 0 Å². The fraction of sp³-hybridized carbons (Fsp3) is 0.375. The van der Waals surface area contributed by atoms with Crippen molar-refractivity contribution in [2.24, 2.45) is 0 Å². The van der Waals surface area contributed by atoms with Crippen LogP contribution >= 0.6 is 11.3 Å². The summed E-state index contributed by atoms with van der Waals surface area (Å²) >= 11 is 1.70. The molecule has 0 aliphatic heterocycles. The largest absolute Gasteiger partial charge is 0.387 e. The Labute approximate surface area is 113 Å². The third-order valence-corrected chi connectivity index (χ3v) is 4.55. The molecule has 0 saturated heterocycles. The molecule has 0 fully saturated rings. The van der Waals surface area contributed by atoms with Crippen molar-refractivity contribution in [2.45, 2.75) is 40.2 Å². The van der Waals surface area contributed by atoms with Crippen molar-refractivity contribution in [3.05, 3.63) is 56.3 Å². The van der Waals surface area contributed by atoms with E-state index < -0.39 is 0 Å². The molecule has 1 atom stereocenters. The van der Waals surface area contributed by atoms with Crippen molar-refractivity contribution in [2.75, 3.05) is 0 Å². The predicted octanol–water partition coefficient (Wildman–Crippen LogP) is 4.26. The van der Waals surface area contributed by atoms with Gasteiger partial charge in [-0.05, 0) is 50.5 Å². The normalized spacial score (nSPS) is 12.7. The summed E-state index contributed by atoms with van der Waals surface area (Å²) in [7, 11) is 0. The summed E-state index contributed by atoms with van der Waals surface area (Å²) in [5.74, 6) is 0. The predicted molar refractivity (Wildman–Crippen MR) is 78.4 cm³/mol. The van der Waals surface area contributed by atoms with Crippen molar-refractivity contribution in [1.82, 2.24) is 0 Å². The molecule has 2 aromatic rings. The van der Waals surface area contributed by atoms with Gasteiger partial charge in [-0.25, -0.2) is 0 Å². The minimum Gasteiger partial charge on any atom is -0.387 e. The van der Waals surface area contributed by atoms with Crippen LogP contribution in [0.25, 0.3) is 0 Å². The number of hydrogen-bond donors (Lipinski definition) is 1. The molecule has 1 heterocycles. The third kappa shape index (κ3) is 2.82. The van der Waals surface area contributed by atoms with Gasteiger partial charge < -0.3 is 5.11 Å². The first kappa shape index (κ1) is 13.3. The minimum absolute atomic E-state index is 0.385. The van der Waals surface area contributed by atoms with E-state index in [1.807, 2.05) is 0 Å². The zero-order valence-electron chi connectivity index (χ0n) is 11.4. The lowest BCUT2D eigenvalue weighted by atomic mass is 9.99. The topological polar surface area (TPSA) is 20.2 Å². The van der Waals surface area contributed by atoms with Crippen molar-refractivity contribution in [1.29, 1.82) is 0 Å². The SMILES string of the molecule is Cc1ccc(C)c(CC(O)c2sc(C)cc2C)c1. The molecule has 1 unspecified atom stereocenters. The average molecular weight is 260 g/mol. The van der Waals surface area contributed by atoms with Gasteiger partial charge in [0.25, 0.3) is 0 Å². The van der Waals surface area contributed by atoms with Gasteiger partial charge in [-0.1, -0.05) is 23.8 Å². The van der Waals surface area contributed by atoms with Crippen LogP contribution in [0.3, 0.4) is 0 Å². The number of aliphatic hydroxyl groups excluding tert-OH is 1. The second kappa shape index (κ2) is 5.25. The Hall–Kier alpha value is -1.12. The van der Waals surface area contributed by atoms with E-state index in [1.54, 1.807) is 11.3 Å². The van der Waals surface area contributed by atoms with Crippen LogP contribution in [0.1, 0.15) is 38.1 Å². The van der Waals surface area contributed by atoms with E-state index in [4.69, 9.17) is 0 Å². The summed E-state index contributed by atoms with van der Waals surface area (Å²) in [5, 5.41) is 10.4. The second-order valence-corrected chi connectivity index (χ2v) is 6.34. The Morgan fingerprint density at radius 1 is 1.06 bits per heavy atom. The number of thiophene rings is 1. The van der Waals surface area contributed by atoms with Crippen LogP contribution in [0.15, 0.2) is 24.3 Å². The van der Waals surface area contributed by atoms with Crippen LogP contribution in [-0.2, 0) is 6.42 Å². The number of aryl methyl sites for hydroxylation is 4.